The van der Waals surface area contributed by atoms with Crippen molar-refractivity contribution in [3.63, 3.8) is 0 Å². The summed E-state index contributed by atoms with van der Waals surface area (Å²) in [6, 6.07) is 11.4. The van der Waals surface area contributed by atoms with E-state index in [1.54, 1.807) is 0 Å². The highest BCUT2D eigenvalue weighted by Gasteiger charge is 2.65. The van der Waals surface area contributed by atoms with E-state index in [4.69, 9.17) is 0 Å². The van der Waals surface area contributed by atoms with Crippen molar-refractivity contribution >= 4 is 12.4 Å². The zero-order valence-electron chi connectivity index (χ0n) is 12.8. The monoisotopic (exact) mass is 307 g/mol. The summed E-state index contributed by atoms with van der Waals surface area (Å²) >= 11 is 0. The fraction of sp³-hybridized carbons (Fsp3) is 0.667. The molecule has 116 valence electrons. The first-order valence-corrected chi connectivity index (χ1v) is 8.30. The molecule has 0 bridgehead atoms. The number of benzene rings is 1. The normalized spacial score (nSPS) is 43.6. The van der Waals surface area contributed by atoms with Crippen LogP contribution in [-0.4, -0.2) is 23.3 Å². The summed E-state index contributed by atoms with van der Waals surface area (Å²) in [5, 5.41) is 13.6. The molecule has 0 radical (unpaired) electrons. The maximum atomic E-state index is 13.6. The third-order valence-electron chi connectivity index (χ3n) is 6.73. The lowest BCUT2D eigenvalue weighted by Crippen LogP contribution is -2.51. The first-order valence-electron chi connectivity index (χ1n) is 8.30. The van der Waals surface area contributed by atoms with Crippen LogP contribution in [0.1, 0.15) is 44.6 Å². The number of hydroxylamine groups is 3. The Morgan fingerprint density at radius 3 is 2.71 bits per heavy atom. The molecule has 21 heavy (non-hydrogen) atoms. The average Bonchev–Trinajstić information content (AvgIpc) is 3.07. The van der Waals surface area contributed by atoms with Gasteiger partial charge in [0.15, 0.2) is 0 Å². The van der Waals surface area contributed by atoms with E-state index in [0.717, 1.165) is 13.0 Å². The second-order valence-corrected chi connectivity index (χ2v) is 7.37. The second kappa shape index (κ2) is 5.26. The number of rotatable bonds is 3. The van der Waals surface area contributed by atoms with E-state index in [-0.39, 0.29) is 17.1 Å². The van der Waals surface area contributed by atoms with E-state index in [2.05, 4.69) is 37.3 Å². The Labute approximate surface area is 134 Å². The van der Waals surface area contributed by atoms with Crippen molar-refractivity contribution in [2.45, 2.75) is 57.5 Å². The molecule has 2 aliphatic heterocycles. The molecule has 1 aliphatic carbocycles. The van der Waals surface area contributed by atoms with Gasteiger partial charge in [-0.2, -0.15) is 0 Å². The maximum Gasteiger partial charge on any atom is 0.0979 e. The molecule has 0 aromatic heterocycles. The molecule has 2 heterocycles. The van der Waals surface area contributed by atoms with Gasteiger partial charge in [-0.25, -0.2) is 0 Å². The van der Waals surface area contributed by atoms with Crippen molar-refractivity contribution in [1.82, 2.24) is 0 Å². The molecule has 5 atom stereocenters. The quantitative estimate of drug-likeness (QED) is 0.602. The second-order valence-electron chi connectivity index (χ2n) is 7.37. The van der Waals surface area contributed by atoms with Crippen LogP contribution in [0.3, 0.4) is 0 Å². The van der Waals surface area contributed by atoms with E-state index < -0.39 is 0 Å². The van der Waals surface area contributed by atoms with Gasteiger partial charge >= 0.3 is 0 Å². The average molecular weight is 308 g/mol. The van der Waals surface area contributed by atoms with Crippen LogP contribution < -0.4 is 0 Å². The lowest BCUT2D eigenvalue weighted by Gasteiger charge is -2.47. The van der Waals surface area contributed by atoms with Gasteiger partial charge < -0.3 is 9.85 Å². The lowest BCUT2D eigenvalue weighted by molar-refractivity contribution is -0.907. The Morgan fingerprint density at radius 1 is 1.24 bits per heavy atom. The Balaban J connectivity index is 0.00000132. The molecular formula is C18H26ClNO. The van der Waals surface area contributed by atoms with Crippen molar-refractivity contribution in [1.29, 1.82) is 0 Å². The van der Waals surface area contributed by atoms with Crippen LogP contribution in [0.4, 0.5) is 0 Å². The van der Waals surface area contributed by atoms with Crippen LogP contribution in [0.5, 0.6) is 0 Å². The Kier molecular flexibility index (Phi) is 3.84. The molecule has 3 heteroatoms. The van der Waals surface area contributed by atoms with E-state index >= 15 is 0 Å². The minimum absolute atomic E-state index is 0. The Hall–Kier alpha value is -0.570. The van der Waals surface area contributed by atoms with Crippen LogP contribution >= 0.6 is 12.4 Å². The van der Waals surface area contributed by atoms with E-state index in [9.17, 15) is 5.21 Å². The molecule has 2 saturated heterocycles. The fourth-order valence-corrected chi connectivity index (χ4v) is 5.78. The third kappa shape index (κ3) is 2.07. The molecule has 3 fully saturated rings. The van der Waals surface area contributed by atoms with E-state index in [1.165, 1.54) is 37.7 Å². The molecular weight excluding hydrogens is 282 g/mol. The van der Waals surface area contributed by atoms with Gasteiger partial charge in [0, 0.05) is 30.6 Å². The molecule has 3 aliphatic rings. The first-order chi connectivity index (χ1) is 9.68. The van der Waals surface area contributed by atoms with Crippen LogP contribution in [-0.2, 0) is 6.42 Å². The van der Waals surface area contributed by atoms with Gasteiger partial charge in [-0.05, 0) is 24.8 Å². The summed E-state index contributed by atoms with van der Waals surface area (Å²) in [4.78, 5) is 0. The minimum Gasteiger partial charge on any atom is -0.632 e. The maximum absolute atomic E-state index is 13.6. The zero-order valence-corrected chi connectivity index (χ0v) is 13.6. The molecule has 0 N–H and O–H groups in total. The largest absolute Gasteiger partial charge is 0.632 e. The van der Waals surface area contributed by atoms with Crippen LogP contribution in [0, 0.1) is 16.5 Å². The standard InChI is InChI=1S/C18H25NO.ClH/c1-2-18-9-8-15-13-16(12-14-6-4-3-5-7-14)19(20,11-10-18)17(15)18;/h3-7,15-17H,2,8-13H2,1H3;1H/t15-,16-,17+,18+,19?;/m1./s1. The van der Waals surface area contributed by atoms with Crippen LogP contribution in [0.15, 0.2) is 30.3 Å². The van der Waals surface area contributed by atoms with Crippen molar-refractivity contribution in [3.8, 4) is 0 Å². The first kappa shape index (κ1) is 15.3. The summed E-state index contributed by atoms with van der Waals surface area (Å²) in [7, 11) is 0. The Bertz CT molecular complexity index is 507. The van der Waals surface area contributed by atoms with Gasteiger partial charge in [-0.3, -0.25) is 0 Å². The van der Waals surface area contributed by atoms with E-state index in [0.29, 0.717) is 23.4 Å². The predicted molar refractivity (Wildman–Crippen MR) is 88.1 cm³/mol. The molecule has 0 amide bonds. The minimum atomic E-state index is 0. The van der Waals surface area contributed by atoms with Gasteiger partial charge in [0.05, 0.1) is 18.6 Å². The molecule has 1 aromatic rings. The number of quaternary nitrogens is 1. The summed E-state index contributed by atoms with van der Waals surface area (Å²) in [5.74, 6) is 0.712. The lowest BCUT2D eigenvalue weighted by atomic mass is 9.79. The molecule has 4 rings (SSSR count). The molecule has 2 nitrogen and oxygen atoms in total. The van der Waals surface area contributed by atoms with Crippen LogP contribution in [0.2, 0.25) is 0 Å². The number of hydrogen-bond acceptors (Lipinski definition) is 1. The van der Waals surface area contributed by atoms with Crippen molar-refractivity contribution < 1.29 is 4.65 Å². The summed E-state index contributed by atoms with van der Waals surface area (Å²) in [6.45, 7) is 3.19. The van der Waals surface area contributed by atoms with Gasteiger partial charge in [-0.15, -0.1) is 12.4 Å². The molecule has 1 aromatic carbocycles. The topological polar surface area (TPSA) is 23.1 Å². The number of halogens is 1. The van der Waals surface area contributed by atoms with Gasteiger partial charge in [0.2, 0.25) is 0 Å². The SMILES string of the molecule is CC[C@]12CC[C@@H]3C[C@@H](Cc4ccccc4)[N+]([O-])(CC1)[C@@H]32.Cl. The van der Waals surface area contributed by atoms with Gasteiger partial charge in [-0.1, -0.05) is 37.3 Å². The number of nitrogens with zero attached hydrogens (tertiary/aromatic N) is 1. The van der Waals surface area contributed by atoms with Crippen molar-refractivity contribution in [3.05, 3.63) is 41.1 Å². The summed E-state index contributed by atoms with van der Waals surface area (Å²) in [6.07, 6.45) is 7.18. The summed E-state index contributed by atoms with van der Waals surface area (Å²) in [5.41, 5.74) is 1.75. The highest BCUT2D eigenvalue weighted by molar-refractivity contribution is 5.85. The molecule has 1 saturated carbocycles. The highest BCUT2D eigenvalue weighted by Crippen LogP contribution is 2.62. The third-order valence-corrected chi connectivity index (χ3v) is 6.73. The molecule has 0 spiro atoms. The zero-order chi connectivity index (χ0) is 13.8. The van der Waals surface area contributed by atoms with Crippen molar-refractivity contribution in [2.24, 2.45) is 11.3 Å². The fourth-order valence-electron chi connectivity index (χ4n) is 5.78. The highest BCUT2D eigenvalue weighted by atomic mass is 35.5. The Morgan fingerprint density at radius 2 is 2.00 bits per heavy atom. The van der Waals surface area contributed by atoms with Crippen molar-refractivity contribution in [2.75, 3.05) is 6.54 Å². The van der Waals surface area contributed by atoms with Crippen LogP contribution in [0.25, 0.3) is 0 Å². The number of hydrogen-bond donors (Lipinski definition) is 0. The van der Waals surface area contributed by atoms with E-state index in [1.807, 2.05) is 0 Å². The smallest absolute Gasteiger partial charge is 0.0979 e. The molecule has 1 unspecified atom stereocenters. The van der Waals surface area contributed by atoms with Gasteiger partial charge in [0.1, 0.15) is 0 Å². The van der Waals surface area contributed by atoms with Gasteiger partial charge in [0.25, 0.3) is 0 Å². The predicted octanol–water partition coefficient (Wildman–Crippen LogP) is 4.32. The summed E-state index contributed by atoms with van der Waals surface area (Å²) < 4.78 is 0.146.